The number of ketones is 1. The molecule has 0 aromatic heterocycles. The minimum Gasteiger partial charge on any atom is -0.294 e. The molecule has 1 aromatic rings. The molecule has 2 aliphatic rings. The summed E-state index contributed by atoms with van der Waals surface area (Å²) in [6.45, 7) is 0. The van der Waals surface area contributed by atoms with E-state index < -0.39 is 26.2 Å². The molecule has 2 saturated heterocycles. The van der Waals surface area contributed by atoms with Crippen molar-refractivity contribution in [3.05, 3.63) is 35.1 Å². The number of Topliss-reactive ketones (excluding diaryl/α,β-unsaturated/α-hetero) is 1. The molecule has 2 bridgehead atoms. The van der Waals surface area contributed by atoms with Crippen LogP contribution in [-0.4, -0.2) is 24.7 Å². The third-order valence-electron chi connectivity index (χ3n) is 4.81. The molecule has 0 radical (unpaired) electrons. The predicted molar refractivity (Wildman–Crippen MR) is 78.5 cm³/mol. The van der Waals surface area contributed by atoms with Gasteiger partial charge in [0.05, 0.1) is 23.0 Å². The highest BCUT2D eigenvalue weighted by Gasteiger charge is 2.48. The first-order valence-electron chi connectivity index (χ1n) is 7.35. The van der Waals surface area contributed by atoms with Crippen molar-refractivity contribution in [1.29, 1.82) is 5.26 Å². The summed E-state index contributed by atoms with van der Waals surface area (Å²) in [7, 11) is -3.06. The molecule has 0 aliphatic carbocycles. The molecule has 0 saturated carbocycles. The number of fused-ring (bicyclic) bond motifs is 2. The lowest BCUT2D eigenvalue weighted by Gasteiger charge is -2.27. The van der Waals surface area contributed by atoms with E-state index in [1.807, 2.05) is 6.07 Å². The Morgan fingerprint density at radius 1 is 1.27 bits per heavy atom. The lowest BCUT2D eigenvalue weighted by atomic mass is 9.90. The van der Waals surface area contributed by atoms with Gasteiger partial charge in [-0.15, -0.1) is 0 Å². The maximum absolute atomic E-state index is 13.9. The van der Waals surface area contributed by atoms with Gasteiger partial charge in [0.25, 0.3) is 0 Å². The van der Waals surface area contributed by atoms with Gasteiger partial charge in [-0.25, -0.2) is 12.8 Å². The van der Waals surface area contributed by atoms with Gasteiger partial charge in [-0.2, -0.15) is 5.26 Å². The highest BCUT2D eigenvalue weighted by molar-refractivity contribution is 7.93. The molecule has 4 nitrogen and oxygen atoms in total. The van der Waals surface area contributed by atoms with Gasteiger partial charge in [-0.05, 0) is 31.7 Å². The molecule has 22 heavy (non-hydrogen) atoms. The largest absolute Gasteiger partial charge is 0.294 e. The van der Waals surface area contributed by atoms with E-state index in [1.165, 1.54) is 18.2 Å². The van der Waals surface area contributed by atoms with Gasteiger partial charge < -0.3 is 0 Å². The summed E-state index contributed by atoms with van der Waals surface area (Å²) in [6.07, 6.45) is 1.92. The Bertz CT molecular complexity index is 746. The molecule has 6 heteroatoms. The van der Waals surface area contributed by atoms with E-state index in [-0.39, 0.29) is 29.2 Å². The summed E-state index contributed by atoms with van der Waals surface area (Å²) in [5.41, 5.74) is 0.535. The van der Waals surface area contributed by atoms with Gasteiger partial charge >= 0.3 is 0 Å². The van der Waals surface area contributed by atoms with Crippen LogP contribution in [-0.2, 0) is 16.3 Å². The summed E-state index contributed by atoms with van der Waals surface area (Å²) < 4.78 is 38.0. The Morgan fingerprint density at radius 3 is 2.45 bits per heavy atom. The number of rotatable bonds is 3. The van der Waals surface area contributed by atoms with Gasteiger partial charge in [0, 0.05) is 17.0 Å². The summed E-state index contributed by atoms with van der Waals surface area (Å²) in [6, 6.07) is 6.03. The fourth-order valence-electron chi connectivity index (χ4n) is 3.59. The number of benzene rings is 1. The Balaban J connectivity index is 1.81. The van der Waals surface area contributed by atoms with Crippen LogP contribution in [0.15, 0.2) is 18.2 Å². The molecule has 2 fully saturated rings. The zero-order valence-corrected chi connectivity index (χ0v) is 12.8. The van der Waals surface area contributed by atoms with Crippen molar-refractivity contribution >= 4 is 15.6 Å². The van der Waals surface area contributed by atoms with E-state index in [2.05, 4.69) is 0 Å². The van der Waals surface area contributed by atoms with Gasteiger partial charge in [-0.1, -0.05) is 12.1 Å². The number of halogens is 1. The molecular weight excluding hydrogens is 305 g/mol. The van der Waals surface area contributed by atoms with Gasteiger partial charge in [-0.3, -0.25) is 4.79 Å². The maximum atomic E-state index is 13.9. The Kier molecular flexibility index (Phi) is 3.77. The lowest BCUT2D eigenvalue weighted by molar-refractivity contribution is 0.0905. The predicted octanol–water partition coefficient (Wildman–Crippen LogP) is 2.43. The third-order valence-corrected chi connectivity index (χ3v) is 7.53. The van der Waals surface area contributed by atoms with Crippen molar-refractivity contribution in [2.24, 2.45) is 5.92 Å². The zero-order valence-electron chi connectivity index (χ0n) is 12.0. The van der Waals surface area contributed by atoms with Crippen LogP contribution in [0.1, 0.15) is 41.6 Å². The van der Waals surface area contributed by atoms with Crippen LogP contribution >= 0.6 is 0 Å². The summed E-state index contributed by atoms with van der Waals surface area (Å²) in [5, 5.41) is 7.77. The second-order valence-electron chi connectivity index (χ2n) is 6.08. The average molecular weight is 321 g/mol. The monoisotopic (exact) mass is 321 g/mol. The van der Waals surface area contributed by atoms with Crippen LogP contribution in [0, 0.1) is 23.1 Å². The van der Waals surface area contributed by atoms with Crippen molar-refractivity contribution < 1.29 is 17.6 Å². The van der Waals surface area contributed by atoms with Crippen molar-refractivity contribution in [3.8, 4) is 6.07 Å². The topological polar surface area (TPSA) is 75.0 Å². The average Bonchev–Trinajstić information content (AvgIpc) is 2.68. The Morgan fingerprint density at radius 2 is 1.91 bits per heavy atom. The number of carbonyl (C=O) groups excluding carboxylic acids is 1. The number of hydrogen-bond acceptors (Lipinski definition) is 4. The van der Waals surface area contributed by atoms with Crippen LogP contribution in [0.25, 0.3) is 0 Å². The Labute approximate surface area is 128 Å². The number of carbonyl (C=O) groups is 1. The number of sulfone groups is 1. The summed E-state index contributed by atoms with van der Waals surface area (Å²) in [4.78, 5) is 12.5. The van der Waals surface area contributed by atoms with Crippen molar-refractivity contribution in [2.75, 3.05) is 0 Å². The quantitative estimate of drug-likeness (QED) is 0.801. The highest BCUT2D eigenvalue weighted by Crippen LogP contribution is 2.42. The van der Waals surface area contributed by atoms with Crippen LogP contribution < -0.4 is 0 Å². The molecule has 1 aromatic carbocycles. The van der Waals surface area contributed by atoms with Crippen molar-refractivity contribution in [3.63, 3.8) is 0 Å². The van der Waals surface area contributed by atoms with Crippen molar-refractivity contribution in [1.82, 2.24) is 0 Å². The molecule has 2 aliphatic heterocycles. The fraction of sp³-hybridized carbons (Fsp3) is 0.500. The maximum Gasteiger partial charge on any atom is 0.166 e. The smallest absolute Gasteiger partial charge is 0.166 e. The molecule has 3 rings (SSSR count). The van der Waals surface area contributed by atoms with Crippen LogP contribution in [0.5, 0.6) is 0 Å². The summed E-state index contributed by atoms with van der Waals surface area (Å²) >= 11 is 0. The van der Waals surface area contributed by atoms with Gasteiger partial charge in [0.1, 0.15) is 5.82 Å². The second kappa shape index (κ2) is 5.47. The first-order valence-corrected chi connectivity index (χ1v) is 8.96. The first-order chi connectivity index (χ1) is 10.4. The Hall–Kier alpha value is -1.74. The first kappa shape index (κ1) is 15.2. The molecule has 0 spiro atoms. The van der Waals surface area contributed by atoms with Crippen LogP contribution in [0.4, 0.5) is 4.39 Å². The van der Waals surface area contributed by atoms with E-state index in [0.717, 1.165) is 0 Å². The van der Waals surface area contributed by atoms with Gasteiger partial charge in [0.2, 0.25) is 0 Å². The molecule has 116 valence electrons. The van der Waals surface area contributed by atoms with Gasteiger partial charge in [0.15, 0.2) is 15.6 Å². The molecule has 0 amide bonds. The number of hydrogen-bond donors (Lipinski definition) is 0. The van der Waals surface area contributed by atoms with Crippen LogP contribution in [0.2, 0.25) is 0 Å². The number of nitrogens with zero attached hydrogens (tertiary/aromatic N) is 1. The third kappa shape index (κ3) is 2.44. The highest BCUT2D eigenvalue weighted by atomic mass is 32.2. The zero-order chi connectivity index (χ0) is 15.9. The van der Waals surface area contributed by atoms with E-state index in [4.69, 9.17) is 5.26 Å². The van der Waals surface area contributed by atoms with E-state index in [0.29, 0.717) is 25.7 Å². The molecule has 2 atom stereocenters. The minimum atomic E-state index is -3.06. The normalized spacial score (nSPS) is 29.0. The van der Waals surface area contributed by atoms with E-state index in [1.54, 1.807) is 0 Å². The lowest BCUT2D eigenvalue weighted by Crippen LogP contribution is -2.36. The molecule has 0 N–H and O–H groups in total. The van der Waals surface area contributed by atoms with E-state index in [9.17, 15) is 17.6 Å². The van der Waals surface area contributed by atoms with Crippen molar-refractivity contribution in [2.45, 2.75) is 42.6 Å². The molecular formula is C16H16FNO3S. The fourth-order valence-corrected chi connectivity index (χ4v) is 6.06. The second-order valence-corrected chi connectivity index (χ2v) is 8.60. The van der Waals surface area contributed by atoms with Crippen LogP contribution in [0.3, 0.4) is 0 Å². The molecule has 2 heterocycles. The summed E-state index contributed by atoms with van der Waals surface area (Å²) in [5.74, 6) is -1.09. The SMILES string of the molecule is N#CCc1ccc(C(=O)C2CC3CCC(C2)S3(=O)=O)cc1F. The number of nitriles is 1. The van der Waals surface area contributed by atoms with E-state index >= 15 is 0 Å². The standard InChI is InChI=1S/C16H16FNO3S/c17-15-9-11(2-1-10(15)5-6-18)16(19)12-7-13-3-4-14(8-12)22(13,20)21/h1-2,9,12-14H,3-5,7-8H2. The minimum absolute atomic E-state index is 0.0356. The molecule has 2 unspecified atom stereocenters.